The Balaban J connectivity index is 0.00000280. The molecule has 1 fully saturated rings. The molecule has 2 N–H and O–H groups in total. The highest BCUT2D eigenvalue weighted by Gasteiger charge is 2.44. The molecule has 0 aliphatic heterocycles. The molecule has 0 radical (unpaired) electrons. The molecular weight excluding hydrogens is 472 g/mol. The highest BCUT2D eigenvalue weighted by atomic mass is 127. The fourth-order valence-corrected chi connectivity index (χ4v) is 3.19. The predicted molar refractivity (Wildman–Crippen MR) is 120 cm³/mol. The zero-order valence-corrected chi connectivity index (χ0v) is 18.8. The van der Waals surface area contributed by atoms with E-state index in [0.717, 1.165) is 30.5 Å². The van der Waals surface area contributed by atoms with Gasteiger partial charge in [0.05, 0.1) is 14.2 Å². The fraction of sp³-hybridized carbons (Fsp3) is 0.381. The lowest BCUT2D eigenvalue weighted by molar-refractivity contribution is 0.354. The van der Waals surface area contributed by atoms with Gasteiger partial charge < -0.3 is 20.1 Å². The average molecular weight is 499 g/mol. The Kier molecular flexibility index (Phi) is 7.91. The minimum absolute atomic E-state index is 0. The van der Waals surface area contributed by atoms with Gasteiger partial charge in [-0.05, 0) is 48.2 Å². The summed E-state index contributed by atoms with van der Waals surface area (Å²) in [6, 6.07) is 12.7. The van der Waals surface area contributed by atoms with Gasteiger partial charge in [0, 0.05) is 25.6 Å². The van der Waals surface area contributed by atoms with E-state index in [4.69, 9.17) is 9.47 Å². The lowest BCUT2D eigenvalue weighted by Crippen LogP contribution is -2.40. The third kappa shape index (κ3) is 5.27. The van der Waals surface area contributed by atoms with Crippen LogP contribution in [0.3, 0.4) is 0 Å². The largest absolute Gasteiger partial charge is 0.493 e. The Labute approximate surface area is 182 Å². The van der Waals surface area contributed by atoms with Crippen molar-refractivity contribution in [2.45, 2.75) is 24.8 Å². The number of nitrogens with one attached hydrogen (secondary N) is 2. The fourth-order valence-electron chi connectivity index (χ4n) is 3.19. The van der Waals surface area contributed by atoms with E-state index in [1.165, 1.54) is 6.07 Å². The molecule has 0 aromatic heterocycles. The molecule has 0 heterocycles. The Morgan fingerprint density at radius 1 is 1.07 bits per heavy atom. The Bertz CT molecular complexity index is 825. The summed E-state index contributed by atoms with van der Waals surface area (Å²) in [6.45, 7) is 1.33. The van der Waals surface area contributed by atoms with Crippen LogP contribution in [0.2, 0.25) is 0 Å². The highest BCUT2D eigenvalue weighted by Crippen LogP contribution is 2.47. The Morgan fingerprint density at radius 3 is 2.43 bits per heavy atom. The van der Waals surface area contributed by atoms with Crippen LogP contribution in [0.25, 0.3) is 0 Å². The number of hydrogen-bond acceptors (Lipinski definition) is 3. The monoisotopic (exact) mass is 499 g/mol. The van der Waals surface area contributed by atoms with E-state index in [2.05, 4.69) is 15.6 Å². The molecule has 1 aliphatic carbocycles. The highest BCUT2D eigenvalue weighted by molar-refractivity contribution is 14.0. The second kappa shape index (κ2) is 9.95. The van der Waals surface area contributed by atoms with Crippen LogP contribution in [0.15, 0.2) is 47.5 Å². The second-order valence-corrected chi connectivity index (χ2v) is 6.76. The van der Waals surface area contributed by atoms with Gasteiger partial charge >= 0.3 is 0 Å². The van der Waals surface area contributed by atoms with E-state index in [9.17, 15) is 4.39 Å². The maximum Gasteiger partial charge on any atom is 0.191 e. The molecule has 7 heteroatoms. The molecule has 0 bridgehead atoms. The number of hydrogen-bond donors (Lipinski definition) is 2. The molecule has 2 aromatic carbocycles. The summed E-state index contributed by atoms with van der Waals surface area (Å²) in [6.07, 6.45) is 2.10. The van der Waals surface area contributed by atoms with Crippen molar-refractivity contribution in [2.75, 3.05) is 27.8 Å². The lowest BCUT2D eigenvalue weighted by atomic mass is 9.96. The number of aliphatic imine (C=N–C) groups is 1. The first kappa shape index (κ1) is 22.3. The van der Waals surface area contributed by atoms with Gasteiger partial charge in [0.15, 0.2) is 17.5 Å². The van der Waals surface area contributed by atoms with Crippen LogP contribution in [0, 0.1) is 5.82 Å². The van der Waals surface area contributed by atoms with Crippen LogP contribution >= 0.6 is 24.0 Å². The van der Waals surface area contributed by atoms with Gasteiger partial charge in [-0.2, -0.15) is 0 Å². The second-order valence-electron chi connectivity index (χ2n) is 6.76. The van der Waals surface area contributed by atoms with Gasteiger partial charge in [-0.25, -0.2) is 4.39 Å². The van der Waals surface area contributed by atoms with Crippen molar-refractivity contribution in [3.8, 4) is 11.5 Å². The van der Waals surface area contributed by atoms with E-state index in [1.807, 2.05) is 24.3 Å². The standard InChI is InChI=1S/C21H26FN3O2.HI/c1-23-20(24-13-15-7-8-18(26-2)19(11-15)27-3)25-14-21(9-10-21)16-5-4-6-17(22)12-16;/h4-8,11-12H,9-10,13-14H2,1-3H3,(H2,23,24,25);1H. The number of halogens is 2. The van der Waals surface area contributed by atoms with E-state index in [1.54, 1.807) is 33.4 Å². The van der Waals surface area contributed by atoms with Crippen molar-refractivity contribution >= 4 is 29.9 Å². The minimum atomic E-state index is -0.185. The molecule has 2 aromatic rings. The summed E-state index contributed by atoms with van der Waals surface area (Å²) in [7, 11) is 4.98. The molecule has 0 saturated heterocycles. The first-order valence-corrected chi connectivity index (χ1v) is 9.02. The topological polar surface area (TPSA) is 54.9 Å². The van der Waals surface area contributed by atoms with E-state index in [0.29, 0.717) is 24.0 Å². The third-order valence-corrected chi connectivity index (χ3v) is 5.02. The summed E-state index contributed by atoms with van der Waals surface area (Å²) in [5.41, 5.74) is 2.11. The van der Waals surface area contributed by atoms with E-state index in [-0.39, 0.29) is 35.2 Å². The Hall–Kier alpha value is -2.03. The van der Waals surface area contributed by atoms with Gasteiger partial charge in [0.1, 0.15) is 5.82 Å². The number of benzene rings is 2. The molecular formula is C21H27FIN3O2. The van der Waals surface area contributed by atoms with Crippen molar-refractivity contribution in [2.24, 2.45) is 4.99 Å². The van der Waals surface area contributed by atoms with Gasteiger partial charge in [-0.1, -0.05) is 18.2 Å². The predicted octanol–water partition coefficient (Wildman–Crippen LogP) is 3.86. The third-order valence-electron chi connectivity index (χ3n) is 5.02. The quantitative estimate of drug-likeness (QED) is 0.345. The van der Waals surface area contributed by atoms with E-state index < -0.39 is 0 Å². The van der Waals surface area contributed by atoms with Crippen molar-refractivity contribution < 1.29 is 13.9 Å². The van der Waals surface area contributed by atoms with Gasteiger partial charge in [0.25, 0.3) is 0 Å². The molecule has 3 rings (SSSR count). The number of methoxy groups -OCH3 is 2. The Morgan fingerprint density at radius 2 is 1.82 bits per heavy atom. The van der Waals surface area contributed by atoms with Crippen molar-refractivity contribution in [1.82, 2.24) is 10.6 Å². The van der Waals surface area contributed by atoms with Crippen LogP contribution in [0.1, 0.15) is 24.0 Å². The van der Waals surface area contributed by atoms with Gasteiger partial charge in [0.2, 0.25) is 0 Å². The summed E-state index contributed by atoms with van der Waals surface area (Å²) < 4.78 is 24.1. The normalized spacial score (nSPS) is 14.6. The van der Waals surface area contributed by atoms with Crippen LogP contribution in [0.5, 0.6) is 11.5 Å². The maximum absolute atomic E-state index is 13.5. The van der Waals surface area contributed by atoms with Gasteiger partial charge in [-0.3, -0.25) is 4.99 Å². The zero-order valence-electron chi connectivity index (χ0n) is 16.4. The molecule has 0 unspecified atom stereocenters. The average Bonchev–Trinajstić information content (AvgIpc) is 3.49. The van der Waals surface area contributed by atoms with Crippen LogP contribution in [-0.2, 0) is 12.0 Å². The van der Waals surface area contributed by atoms with Crippen molar-refractivity contribution in [3.05, 3.63) is 59.4 Å². The summed E-state index contributed by atoms with van der Waals surface area (Å²) in [4.78, 5) is 4.29. The summed E-state index contributed by atoms with van der Waals surface area (Å²) >= 11 is 0. The summed E-state index contributed by atoms with van der Waals surface area (Å²) in [5, 5.41) is 6.68. The van der Waals surface area contributed by atoms with E-state index >= 15 is 0 Å². The first-order valence-electron chi connectivity index (χ1n) is 9.02. The molecule has 152 valence electrons. The minimum Gasteiger partial charge on any atom is -0.493 e. The van der Waals surface area contributed by atoms with Crippen LogP contribution in [-0.4, -0.2) is 33.8 Å². The lowest BCUT2D eigenvalue weighted by Gasteiger charge is -2.19. The van der Waals surface area contributed by atoms with Crippen molar-refractivity contribution in [3.63, 3.8) is 0 Å². The molecule has 0 atom stereocenters. The van der Waals surface area contributed by atoms with Crippen molar-refractivity contribution in [1.29, 1.82) is 0 Å². The molecule has 1 aliphatic rings. The smallest absolute Gasteiger partial charge is 0.191 e. The van der Waals surface area contributed by atoms with Crippen LogP contribution < -0.4 is 20.1 Å². The number of guanidine groups is 1. The molecule has 5 nitrogen and oxygen atoms in total. The summed E-state index contributed by atoms with van der Waals surface area (Å²) in [5.74, 6) is 1.93. The number of nitrogens with zero attached hydrogens (tertiary/aromatic N) is 1. The zero-order chi connectivity index (χ0) is 19.3. The number of rotatable bonds is 7. The molecule has 1 saturated carbocycles. The SMILES string of the molecule is CN=C(NCc1ccc(OC)c(OC)c1)NCC1(c2cccc(F)c2)CC1.I. The first-order chi connectivity index (χ1) is 13.1. The number of ether oxygens (including phenoxy) is 2. The maximum atomic E-state index is 13.5. The van der Waals surface area contributed by atoms with Crippen LogP contribution in [0.4, 0.5) is 4.39 Å². The van der Waals surface area contributed by atoms with Gasteiger partial charge in [-0.15, -0.1) is 24.0 Å². The molecule has 28 heavy (non-hydrogen) atoms. The molecule has 0 spiro atoms. The molecule has 0 amide bonds.